The number of pyridine rings is 1. The summed E-state index contributed by atoms with van der Waals surface area (Å²) in [5.41, 5.74) is 1.85. The quantitative estimate of drug-likeness (QED) is 0.396. The molecule has 4 aromatic rings. The molecule has 1 saturated carbocycles. The van der Waals surface area contributed by atoms with Gasteiger partial charge in [0.25, 0.3) is 11.3 Å². The standard InChI is InChI=1S/C25H27N5O3S/c1-16-5-2-3-6-19(16)29-10-9-20-18(23(29)31)14-26-24-27-25(28-30(20)24)34-15-17-7-8-21-22(13-17)33-12-4-11-32-21/h7-10,13-14,16,19H,2-6,11-12,15H2,1H3. The Hall–Kier alpha value is -3.07. The molecule has 1 fully saturated rings. The molecule has 0 radical (unpaired) electrons. The molecule has 1 aliphatic carbocycles. The van der Waals surface area contributed by atoms with Crippen molar-refractivity contribution in [3.63, 3.8) is 0 Å². The average molecular weight is 478 g/mol. The second-order valence-corrected chi connectivity index (χ2v) is 10.1. The molecule has 34 heavy (non-hydrogen) atoms. The van der Waals surface area contributed by atoms with Crippen molar-refractivity contribution in [2.24, 2.45) is 5.92 Å². The predicted octanol–water partition coefficient (Wildman–Crippen LogP) is 4.64. The number of rotatable bonds is 4. The molecule has 8 nitrogen and oxygen atoms in total. The number of hydrogen-bond acceptors (Lipinski definition) is 7. The SMILES string of the molecule is CC1CCCCC1n1ccc2c(cnc3nc(SCc4ccc5c(c4)OCCCO5)nn32)c1=O. The highest BCUT2D eigenvalue weighted by Gasteiger charge is 2.24. The summed E-state index contributed by atoms with van der Waals surface area (Å²) >= 11 is 1.53. The van der Waals surface area contributed by atoms with Gasteiger partial charge in [-0.25, -0.2) is 4.98 Å². The van der Waals surface area contributed by atoms with Gasteiger partial charge in [0.1, 0.15) is 0 Å². The van der Waals surface area contributed by atoms with Crippen LogP contribution in [-0.4, -0.2) is 37.4 Å². The van der Waals surface area contributed by atoms with Crippen LogP contribution in [0.15, 0.2) is 46.6 Å². The van der Waals surface area contributed by atoms with Crippen LogP contribution in [0.3, 0.4) is 0 Å². The van der Waals surface area contributed by atoms with Crippen molar-refractivity contribution in [2.45, 2.75) is 56.0 Å². The van der Waals surface area contributed by atoms with Crippen LogP contribution in [0.1, 0.15) is 50.6 Å². The van der Waals surface area contributed by atoms with Crippen molar-refractivity contribution >= 4 is 28.4 Å². The predicted molar refractivity (Wildman–Crippen MR) is 131 cm³/mol. The molecule has 0 saturated heterocycles. The fourth-order valence-corrected chi connectivity index (χ4v) is 5.75. The molecule has 176 valence electrons. The van der Waals surface area contributed by atoms with Gasteiger partial charge in [-0.1, -0.05) is 37.6 Å². The molecule has 2 atom stereocenters. The van der Waals surface area contributed by atoms with Crippen molar-refractivity contribution in [1.82, 2.24) is 24.1 Å². The highest BCUT2D eigenvalue weighted by molar-refractivity contribution is 7.98. The first-order valence-electron chi connectivity index (χ1n) is 12.0. The summed E-state index contributed by atoms with van der Waals surface area (Å²) in [6, 6.07) is 8.24. The lowest BCUT2D eigenvalue weighted by Gasteiger charge is -2.30. The Morgan fingerprint density at radius 1 is 1.09 bits per heavy atom. The maximum atomic E-state index is 13.3. The van der Waals surface area contributed by atoms with Gasteiger partial charge < -0.3 is 14.0 Å². The first-order valence-corrected chi connectivity index (χ1v) is 12.9. The summed E-state index contributed by atoms with van der Waals surface area (Å²) in [5.74, 6) is 3.27. The summed E-state index contributed by atoms with van der Waals surface area (Å²) in [6.45, 7) is 3.59. The van der Waals surface area contributed by atoms with E-state index in [0.717, 1.165) is 35.4 Å². The maximum absolute atomic E-state index is 13.3. The van der Waals surface area contributed by atoms with Crippen LogP contribution in [0.5, 0.6) is 11.5 Å². The average Bonchev–Trinajstić information content (AvgIpc) is 3.13. The lowest BCUT2D eigenvalue weighted by molar-refractivity contribution is 0.253. The molecule has 3 aromatic heterocycles. The van der Waals surface area contributed by atoms with Crippen molar-refractivity contribution in [3.05, 3.63) is 52.6 Å². The van der Waals surface area contributed by atoms with Crippen molar-refractivity contribution in [3.8, 4) is 11.5 Å². The van der Waals surface area contributed by atoms with E-state index in [0.29, 0.717) is 41.2 Å². The molecule has 6 rings (SSSR count). The van der Waals surface area contributed by atoms with Gasteiger partial charge in [-0.2, -0.15) is 9.50 Å². The third-order valence-electron chi connectivity index (χ3n) is 6.85. The van der Waals surface area contributed by atoms with Gasteiger partial charge >= 0.3 is 0 Å². The van der Waals surface area contributed by atoms with Gasteiger partial charge in [0.15, 0.2) is 11.5 Å². The number of nitrogens with zero attached hydrogens (tertiary/aromatic N) is 5. The van der Waals surface area contributed by atoms with E-state index in [1.54, 1.807) is 10.7 Å². The molecule has 9 heteroatoms. The van der Waals surface area contributed by atoms with E-state index in [1.165, 1.54) is 31.0 Å². The highest BCUT2D eigenvalue weighted by atomic mass is 32.2. The van der Waals surface area contributed by atoms with Crippen LogP contribution in [0, 0.1) is 5.92 Å². The van der Waals surface area contributed by atoms with Gasteiger partial charge in [-0.05, 0) is 42.5 Å². The fourth-order valence-electron chi connectivity index (χ4n) is 4.99. The fraction of sp³-hybridized carbons (Fsp3) is 0.440. The van der Waals surface area contributed by atoms with Crippen LogP contribution >= 0.6 is 11.8 Å². The topological polar surface area (TPSA) is 83.5 Å². The van der Waals surface area contributed by atoms with Gasteiger partial charge in [-0.3, -0.25) is 4.79 Å². The Bertz CT molecular complexity index is 1420. The zero-order chi connectivity index (χ0) is 23.1. The van der Waals surface area contributed by atoms with Gasteiger partial charge in [0.2, 0.25) is 5.16 Å². The van der Waals surface area contributed by atoms with Crippen molar-refractivity contribution < 1.29 is 9.47 Å². The first kappa shape index (κ1) is 21.5. The van der Waals surface area contributed by atoms with Crippen molar-refractivity contribution in [1.29, 1.82) is 0 Å². The molecule has 1 aromatic carbocycles. The molecule has 0 spiro atoms. The molecule has 4 heterocycles. The molecule has 0 bridgehead atoms. The van der Waals surface area contributed by atoms with Crippen molar-refractivity contribution in [2.75, 3.05) is 13.2 Å². The van der Waals surface area contributed by atoms with Crippen LogP contribution < -0.4 is 15.0 Å². The highest BCUT2D eigenvalue weighted by Crippen LogP contribution is 2.34. The van der Waals surface area contributed by atoms with E-state index >= 15 is 0 Å². The minimum absolute atomic E-state index is 0.00236. The third kappa shape index (κ3) is 3.91. The van der Waals surface area contributed by atoms with Crippen LogP contribution in [0.2, 0.25) is 0 Å². The van der Waals surface area contributed by atoms with Gasteiger partial charge in [0.05, 0.1) is 24.1 Å². The maximum Gasteiger partial charge on any atom is 0.261 e. The summed E-state index contributed by atoms with van der Waals surface area (Å²) in [6.07, 6.45) is 9.08. The lowest BCUT2D eigenvalue weighted by atomic mass is 9.85. The van der Waals surface area contributed by atoms with E-state index in [4.69, 9.17) is 9.47 Å². The lowest BCUT2D eigenvalue weighted by Crippen LogP contribution is -2.30. The number of ether oxygens (including phenoxy) is 2. The summed E-state index contributed by atoms with van der Waals surface area (Å²) in [5, 5.41) is 5.86. The van der Waals surface area contributed by atoms with Crippen LogP contribution in [0.4, 0.5) is 0 Å². The van der Waals surface area contributed by atoms with E-state index in [9.17, 15) is 4.79 Å². The Labute approximate surface area is 201 Å². The van der Waals surface area contributed by atoms with Crippen LogP contribution in [0.25, 0.3) is 16.7 Å². The Morgan fingerprint density at radius 2 is 1.94 bits per heavy atom. The summed E-state index contributed by atoms with van der Waals surface area (Å²) in [4.78, 5) is 22.3. The van der Waals surface area contributed by atoms with Gasteiger partial charge in [-0.15, -0.1) is 5.10 Å². The van der Waals surface area contributed by atoms with Gasteiger partial charge in [0, 0.05) is 30.6 Å². The minimum atomic E-state index is 0.00236. The van der Waals surface area contributed by atoms with E-state index in [2.05, 4.69) is 22.0 Å². The van der Waals surface area contributed by atoms with E-state index < -0.39 is 0 Å². The number of fused-ring (bicyclic) bond motifs is 4. The largest absolute Gasteiger partial charge is 0.490 e. The molecule has 2 aliphatic rings. The second-order valence-electron chi connectivity index (χ2n) is 9.14. The number of aromatic nitrogens is 5. The zero-order valence-electron chi connectivity index (χ0n) is 19.1. The Balaban J connectivity index is 1.27. The monoisotopic (exact) mass is 477 g/mol. The molecule has 2 unspecified atom stereocenters. The number of thioether (sulfide) groups is 1. The second kappa shape index (κ2) is 8.94. The number of hydrogen-bond donors (Lipinski definition) is 0. The molecular weight excluding hydrogens is 450 g/mol. The third-order valence-corrected chi connectivity index (χ3v) is 7.75. The molecule has 1 aliphatic heterocycles. The Kier molecular flexibility index (Phi) is 5.64. The smallest absolute Gasteiger partial charge is 0.261 e. The first-order chi connectivity index (χ1) is 16.7. The van der Waals surface area contributed by atoms with Crippen LogP contribution in [-0.2, 0) is 5.75 Å². The van der Waals surface area contributed by atoms with E-state index in [-0.39, 0.29) is 11.6 Å². The summed E-state index contributed by atoms with van der Waals surface area (Å²) in [7, 11) is 0. The number of benzene rings is 1. The molecule has 0 N–H and O–H groups in total. The Morgan fingerprint density at radius 3 is 2.82 bits per heavy atom. The molecular formula is C25H27N5O3S. The van der Waals surface area contributed by atoms with E-state index in [1.807, 2.05) is 35.0 Å². The zero-order valence-corrected chi connectivity index (χ0v) is 20.0. The normalized spacial score (nSPS) is 20.5. The minimum Gasteiger partial charge on any atom is -0.490 e. The molecule has 0 amide bonds. The summed E-state index contributed by atoms with van der Waals surface area (Å²) < 4.78 is 15.1.